The summed E-state index contributed by atoms with van der Waals surface area (Å²) in [4.78, 5) is 13.5. The van der Waals surface area contributed by atoms with E-state index >= 15 is 0 Å². The second kappa shape index (κ2) is 3.53. The van der Waals surface area contributed by atoms with Gasteiger partial charge in [0.1, 0.15) is 12.1 Å². The van der Waals surface area contributed by atoms with Crippen molar-refractivity contribution in [2.24, 2.45) is 0 Å². The number of nitrogens with two attached hydrogens (primary N) is 1. The van der Waals surface area contributed by atoms with Crippen LogP contribution in [0.4, 0.5) is 10.4 Å². The number of hydrogen-bond acceptors (Lipinski definition) is 4. The van der Waals surface area contributed by atoms with Gasteiger partial charge in [-0.15, -0.1) is 0 Å². The second-order valence-corrected chi connectivity index (χ2v) is 2.90. The lowest BCUT2D eigenvalue weighted by molar-refractivity contribution is 0.548. The fourth-order valence-corrected chi connectivity index (χ4v) is 1.05. The Bertz CT molecular complexity index is 551. The van der Waals surface area contributed by atoms with Gasteiger partial charge in [0, 0.05) is 11.6 Å². The lowest BCUT2D eigenvalue weighted by Gasteiger charge is -1.82. The van der Waals surface area contributed by atoms with Gasteiger partial charge in [0.2, 0.25) is 0 Å². The highest BCUT2D eigenvalue weighted by atomic mass is 19.1. The molecule has 0 atom stereocenters. The Labute approximate surface area is 84.2 Å². The summed E-state index contributed by atoms with van der Waals surface area (Å²) in [6, 6.07) is 6.19. The molecule has 0 unspecified atom stereocenters. The fourth-order valence-electron chi connectivity index (χ4n) is 1.05. The van der Waals surface area contributed by atoms with Gasteiger partial charge >= 0.3 is 0 Å². The van der Waals surface area contributed by atoms with Crippen LogP contribution in [0.5, 0.6) is 0 Å². The first kappa shape index (κ1) is 9.39. The number of fused-ring (bicyclic) bond motifs is 1. The number of nitrogen functional groups attached to an aromatic ring is 1. The summed E-state index contributed by atoms with van der Waals surface area (Å²) in [7, 11) is 0. The summed E-state index contributed by atoms with van der Waals surface area (Å²) >= 11 is 0. The number of hydrogen-bond donors (Lipinski definition) is 1. The van der Waals surface area contributed by atoms with Crippen molar-refractivity contribution >= 4 is 6.01 Å². The van der Waals surface area contributed by atoms with Gasteiger partial charge in [0.15, 0.2) is 0 Å². The first-order valence-electron chi connectivity index (χ1n) is 4.18. The van der Waals surface area contributed by atoms with Crippen LogP contribution in [-0.4, -0.2) is 4.98 Å². The molecule has 0 aromatic carbocycles. The molecule has 4 nitrogen and oxygen atoms in total. The van der Waals surface area contributed by atoms with Gasteiger partial charge in [-0.25, -0.2) is 4.39 Å². The zero-order chi connectivity index (χ0) is 10.8. The molecular formula is C10H7FN2O2. The van der Waals surface area contributed by atoms with E-state index in [-0.39, 0.29) is 17.4 Å². The van der Waals surface area contributed by atoms with Crippen LogP contribution in [0.2, 0.25) is 0 Å². The molecule has 2 aliphatic rings. The summed E-state index contributed by atoms with van der Waals surface area (Å²) in [5.41, 5.74) is 6.47. The molecule has 5 heteroatoms. The van der Waals surface area contributed by atoms with Crippen molar-refractivity contribution < 1.29 is 8.81 Å². The first-order chi connectivity index (χ1) is 7.16. The summed E-state index contributed by atoms with van der Waals surface area (Å²) in [5.74, 6) is -0.0741. The van der Waals surface area contributed by atoms with Crippen molar-refractivity contribution in [3.05, 3.63) is 46.7 Å². The van der Waals surface area contributed by atoms with E-state index in [2.05, 4.69) is 9.40 Å². The van der Waals surface area contributed by atoms with Crippen LogP contribution in [0.1, 0.15) is 0 Å². The SMILES string of the molecule is Fc1ccc2cc1-2.Nc1nc(=O)cco1. The predicted octanol–water partition coefficient (Wildman–Crippen LogP) is 1.42. The van der Waals surface area contributed by atoms with Crippen molar-refractivity contribution in [1.29, 1.82) is 0 Å². The van der Waals surface area contributed by atoms with E-state index < -0.39 is 0 Å². The lowest BCUT2D eigenvalue weighted by atomic mass is 10.5. The Hall–Kier alpha value is -2.17. The standard InChI is InChI=1S/C6H3F.C4H4N2O2/c7-6-2-1-4-3-5(4)6;5-4-6-3(7)1-2-8-4/h1-3H;1-2H,(H2,5,6,7). The third-order valence-electron chi connectivity index (χ3n) is 1.81. The number of halogens is 1. The molecule has 1 heterocycles. The Morgan fingerprint density at radius 1 is 1.33 bits per heavy atom. The van der Waals surface area contributed by atoms with Crippen molar-refractivity contribution in [2.75, 3.05) is 5.73 Å². The van der Waals surface area contributed by atoms with E-state index in [0.29, 0.717) is 0 Å². The Morgan fingerprint density at radius 2 is 2.13 bits per heavy atom. The lowest BCUT2D eigenvalue weighted by Crippen LogP contribution is -2.04. The topological polar surface area (TPSA) is 69.1 Å². The van der Waals surface area contributed by atoms with E-state index in [1.165, 1.54) is 18.4 Å². The third-order valence-corrected chi connectivity index (χ3v) is 1.81. The Kier molecular flexibility index (Phi) is 2.21. The third kappa shape index (κ3) is 2.19. The van der Waals surface area contributed by atoms with Gasteiger partial charge in [-0.2, -0.15) is 4.98 Å². The molecule has 3 rings (SSSR count). The second-order valence-electron chi connectivity index (χ2n) is 2.90. The highest BCUT2D eigenvalue weighted by molar-refractivity contribution is 5.81. The minimum atomic E-state index is -0.381. The smallest absolute Gasteiger partial charge is 0.295 e. The maximum atomic E-state index is 12.1. The minimum Gasteiger partial charge on any atom is -0.434 e. The largest absolute Gasteiger partial charge is 0.434 e. The predicted molar refractivity (Wildman–Crippen MR) is 52.6 cm³/mol. The Balaban J connectivity index is 0.000000114. The molecule has 0 fully saturated rings. The molecule has 0 saturated carbocycles. The zero-order valence-corrected chi connectivity index (χ0v) is 7.61. The van der Waals surface area contributed by atoms with E-state index in [1.54, 1.807) is 6.07 Å². The number of rotatable bonds is 0. The molecule has 76 valence electrons. The molecule has 0 radical (unpaired) electrons. The fraction of sp³-hybridized carbons (Fsp3) is 0. The maximum absolute atomic E-state index is 12.1. The number of benzene rings is 1. The molecule has 1 aromatic rings. The molecule has 0 spiro atoms. The monoisotopic (exact) mass is 206 g/mol. The van der Waals surface area contributed by atoms with Crippen molar-refractivity contribution in [1.82, 2.24) is 4.98 Å². The van der Waals surface area contributed by atoms with Crippen molar-refractivity contribution in [2.45, 2.75) is 0 Å². The van der Waals surface area contributed by atoms with Crippen molar-refractivity contribution in [3.8, 4) is 11.1 Å². The van der Waals surface area contributed by atoms with Crippen LogP contribution in [-0.2, 0) is 0 Å². The highest BCUT2D eigenvalue weighted by Gasteiger charge is 2.15. The minimum absolute atomic E-state index is 0.0741. The molecule has 2 aliphatic carbocycles. The van der Waals surface area contributed by atoms with E-state index in [9.17, 15) is 9.18 Å². The molecule has 2 N–H and O–H groups in total. The number of nitrogens with zero attached hydrogens (tertiary/aromatic N) is 1. The molecule has 0 aliphatic heterocycles. The summed E-state index contributed by atoms with van der Waals surface area (Å²) in [5, 5.41) is 0. The normalized spacial score (nSPS) is 10.2. The average Bonchev–Trinajstić information content (AvgIpc) is 2.87. The van der Waals surface area contributed by atoms with Gasteiger partial charge in [0.05, 0.1) is 0 Å². The molecular weight excluding hydrogens is 199 g/mol. The van der Waals surface area contributed by atoms with Gasteiger partial charge in [-0.1, -0.05) is 6.07 Å². The molecule has 0 bridgehead atoms. The van der Waals surface area contributed by atoms with Crippen LogP contribution >= 0.6 is 0 Å². The van der Waals surface area contributed by atoms with Crippen LogP contribution in [0.25, 0.3) is 11.1 Å². The van der Waals surface area contributed by atoms with Gasteiger partial charge in [0.25, 0.3) is 11.6 Å². The summed E-state index contributed by atoms with van der Waals surface area (Å²) < 4.78 is 16.6. The van der Waals surface area contributed by atoms with Crippen LogP contribution in [0, 0.1) is 5.82 Å². The number of anilines is 1. The van der Waals surface area contributed by atoms with Crippen LogP contribution in [0.3, 0.4) is 0 Å². The molecule has 0 saturated heterocycles. The summed E-state index contributed by atoms with van der Waals surface area (Å²) in [6.45, 7) is 0. The first-order valence-corrected chi connectivity index (χ1v) is 4.18. The highest BCUT2D eigenvalue weighted by Crippen LogP contribution is 2.36. The van der Waals surface area contributed by atoms with Gasteiger partial charge in [-0.05, 0) is 17.7 Å². The molecule has 15 heavy (non-hydrogen) atoms. The van der Waals surface area contributed by atoms with E-state index in [0.717, 1.165) is 11.1 Å². The van der Waals surface area contributed by atoms with Crippen LogP contribution in [0.15, 0.2) is 39.7 Å². The Morgan fingerprint density at radius 3 is 2.40 bits per heavy atom. The van der Waals surface area contributed by atoms with E-state index in [4.69, 9.17) is 5.73 Å². The zero-order valence-electron chi connectivity index (χ0n) is 7.61. The van der Waals surface area contributed by atoms with Gasteiger partial charge in [-0.3, -0.25) is 4.79 Å². The average molecular weight is 206 g/mol. The quantitative estimate of drug-likeness (QED) is 0.604. The van der Waals surface area contributed by atoms with Crippen molar-refractivity contribution in [3.63, 3.8) is 0 Å². The number of aromatic nitrogens is 1. The van der Waals surface area contributed by atoms with E-state index in [1.807, 2.05) is 6.07 Å². The molecule has 0 amide bonds. The molecule has 1 aromatic heterocycles. The van der Waals surface area contributed by atoms with Crippen LogP contribution < -0.4 is 11.3 Å². The summed E-state index contributed by atoms with van der Waals surface area (Å²) in [6.07, 6.45) is 1.20. The maximum Gasteiger partial charge on any atom is 0.295 e. The van der Waals surface area contributed by atoms with Gasteiger partial charge < -0.3 is 10.2 Å².